The van der Waals surface area contributed by atoms with Gasteiger partial charge in [0.25, 0.3) is 0 Å². The molecule has 2 N–H and O–H groups in total. The van der Waals surface area contributed by atoms with Crippen LogP contribution in [-0.4, -0.2) is 11.0 Å². The Balaban J connectivity index is 2.55. The van der Waals surface area contributed by atoms with E-state index in [1.54, 1.807) is 19.1 Å². The Kier molecular flexibility index (Phi) is 3.84. The molecule has 4 nitrogen and oxygen atoms in total. The van der Waals surface area contributed by atoms with Gasteiger partial charge in [0, 0.05) is 6.20 Å². The molecule has 0 saturated heterocycles. The molecule has 2 amide bonds. The molecule has 0 saturated carbocycles. The summed E-state index contributed by atoms with van der Waals surface area (Å²) in [6.07, 6.45) is -2.98. The van der Waals surface area contributed by atoms with Gasteiger partial charge in [-0.15, -0.1) is 0 Å². The molecule has 0 fully saturated rings. The highest BCUT2D eigenvalue weighted by molar-refractivity contribution is 5.98. The number of rotatable bonds is 2. The lowest BCUT2D eigenvalue weighted by Gasteiger charge is -2.22. The maximum atomic E-state index is 12.8. The first kappa shape index (κ1) is 14.8. The maximum absolute atomic E-state index is 12.8. The number of nitrogens with two attached hydrogens (primary N) is 1. The first-order valence-electron chi connectivity index (χ1n) is 5.99. The summed E-state index contributed by atoms with van der Waals surface area (Å²) in [5.74, 6) is 0. The van der Waals surface area contributed by atoms with Crippen molar-refractivity contribution in [2.24, 2.45) is 5.73 Å². The van der Waals surface area contributed by atoms with Crippen molar-refractivity contribution in [2.75, 3.05) is 4.90 Å². The molecule has 1 heterocycles. The third-order valence-electron chi connectivity index (χ3n) is 2.87. The van der Waals surface area contributed by atoms with Crippen LogP contribution in [0.3, 0.4) is 0 Å². The maximum Gasteiger partial charge on any atom is 0.416 e. The number of anilines is 2. The summed E-state index contributed by atoms with van der Waals surface area (Å²) >= 11 is 0. The van der Waals surface area contributed by atoms with E-state index < -0.39 is 17.8 Å². The van der Waals surface area contributed by atoms with Crippen LogP contribution in [0.15, 0.2) is 42.6 Å². The normalized spacial score (nSPS) is 11.2. The summed E-state index contributed by atoms with van der Waals surface area (Å²) in [5, 5.41) is 0. The van der Waals surface area contributed by atoms with Gasteiger partial charge >= 0.3 is 12.2 Å². The number of amides is 2. The molecule has 1 aromatic carbocycles. The number of hydrogen-bond acceptors (Lipinski definition) is 2. The standard InChI is InChI=1S/C14H12F3N3O/c1-9-12(6-3-7-19-9)20(13(18)21)11-5-2-4-10(8-11)14(15,16)17/h2-8H,1H3,(H2,18,21). The molecule has 0 bridgehead atoms. The molecule has 2 aromatic rings. The van der Waals surface area contributed by atoms with Crippen LogP contribution < -0.4 is 10.6 Å². The van der Waals surface area contributed by atoms with Gasteiger partial charge < -0.3 is 5.73 Å². The van der Waals surface area contributed by atoms with E-state index in [4.69, 9.17) is 5.73 Å². The summed E-state index contributed by atoms with van der Waals surface area (Å²) in [7, 11) is 0. The van der Waals surface area contributed by atoms with E-state index in [9.17, 15) is 18.0 Å². The first-order chi connectivity index (χ1) is 9.80. The quantitative estimate of drug-likeness (QED) is 0.919. The van der Waals surface area contributed by atoms with Crippen molar-refractivity contribution < 1.29 is 18.0 Å². The summed E-state index contributed by atoms with van der Waals surface area (Å²) in [5.41, 5.74) is 5.31. The van der Waals surface area contributed by atoms with Crippen molar-refractivity contribution in [2.45, 2.75) is 13.1 Å². The number of carbonyl (C=O) groups is 1. The van der Waals surface area contributed by atoms with Crippen molar-refractivity contribution >= 4 is 17.4 Å². The van der Waals surface area contributed by atoms with E-state index in [2.05, 4.69) is 4.98 Å². The van der Waals surface area contributed by atoms with Crippen LogP contribution in [-0.2, 0) is 6.18 Å². The Morgan fingerprint density at radius 1 is 1.24 bits per heavy atom. The van der Waals surface area contributed by atoms with Crippen molar-refractivity contribution in [3.05, 3.63) is 53.9 Å². The van der Waals surface area contributed by atoms with Crippen LogP contribution >= 0.6 is 0 Å². The fourth-order valence-corrected chi connectivity index (χ4v) is 1.92. The zero-order chi connectivity index (χ0) is 15.6. The van der Waals surface area contributed by atoms with Crippen LogP contribution in [0.25, 0.3) is 0 Å². The Morgan fingerprint density at radius 3 is 2.52 bits per heavy atom. The summed E-state index contributed by atoms with van der Waals surface area (Å²) < 4.78 is 38.3. The average Bonchev–Trinajstić information content (AvgIpc) is 2.40. The number of primary amides is 1. The number of nitrogens with zero attached hydrogens (tertiary/aromatic N) is 2. The molecule has 7 heteroatoms. The second kappa shape index (κ2) is 5.43. The molecule has 0 radical (unpaired) electrons. The fourth-order valence-electron chi connectivity index (χ4n) is 1.92. The molecule has 1 aromatic heterocycles. The highest BCUT2D eigenvalue weighted by atomic mass is 19.4. The van der Waals surface area contributed by atoms with Gasteiger partial charge in [0.05, 0.1) is 22.6 Å². The summed E-state index contributed by atoms with van der Waals surface area (Å²) in [6.45, 7) is 1.64. The lowest BCUT2D eigenvalue weighted by atomic mass is 10.1. The lowest BCUT2D eigenvalue weighted by molar-refractivity contribution is -0.137. The minimum atomic E-state index is -4.50. The number of carbonyl (C=O) groups excluding carboxylic acids is 1. The van der Waals surface area contributed by atoms with E-state index in [1.807, 2.05) is 0 Å². The SMILES string of the molecule is Cc1ncccc1N(C(N)=O)c1cccc(C(F)(F)F)c1. The predicted octanol–water partition coefficient (Wildman–Crippen LogP) is 3.63. The van der Waals surface area contributed by atoms with Crippen LogP contribution in [0.4, 0.5) is 29.3 Å². The van der Waals surface area contributed by atoms with Crippen molar-refractivity contribution in [3.8, 4) is 0 Å². The highest BCUT2D eigenvalue weighted by Crippen LogP contribution is 2.34. The number of hydrogen-bond donors (Lipinski definition) is 1. The molecule has 2 rings (SSSR count). The van der Waals surface area contributed by atoms with E-state index in [0.717, 1.165) is 17.0 Å². The first-order valence-corrected chi connectivity index (χ1v) is 5.99. The van der Waals surface area contributed by atoms with Gasteiger partial charge in [-0.3, -0.25) is 9.88 Å². The number of benzene rings is 1. The molecule has 0 atom stereocenters. The number of aromatic nitrogens is 1. The zero-order valence-corrected chi connectivity index (χ0v) is 11.1. The monoisotopic (exact) mass is 295 g/mol. The minimum absolute atomic E-state index is 0.0356. The van der Waals surface area contributed by atoms with Gasteiger partial charge in [0.15, 0.2) is 0 Å². The molecule has 0 spiro atoms. The van der Waals surface area contributed by atoms with Crippen molar-refractivity contribution in [1.82, 2.24) is 4.98 Å². The molecule has 0 unspecified atom stereocenters. The summed E-state index contributed by atoms with van der Waals surface area (Å²) in [6, 6.07) is 6.66. The second-order valence-corrected chi connectivity index (χ2v) is 4.33. The molecule has 0 aliphatic heterocycles. The number of pyridine rings is 1. The lowest BCUT2D eigenvalue weighted by Crippen LogP contribution is -2.32. The Hall–Kier alpha value is -2.57. The van der Waals surface area contributed by atoms with Gasteiger partial charge in [0.2, 0.25) is 0 Å². The van der Waals surface area contributed by atoms with Crippen molar-refractivity contribution in [3.63, 3.8) is 0 Å². The Morgan fingerprint density at radius 2 is 1.95 bits per heavy atom. The summed E-state index contributed by atoms with van der Waals surface area (Å²) in [4.78, 5) is 16.7. The topological polar surface area (TPSA) is 59.2 Å². The number of urea groups is 1. The highest BCUT2D eigenvalue weighted by Gasteiger charge is 2.31. The number of aryl methyl sites for hydroxylation is 1. The predicted molar refractivity (Wildman–Crippen MR) is 72.1 cm³/mol. The zero-order valence-electron chi connectivity index (χ0n) is 11.1. The molecule has 0 aliphatic carbocycles. The second-order valence-electron chi connectivity index (χ2n) is 4.33. The Bertz CT molecular complexity index is 671. The van der Waals surface area contributed by atoms with Gasteiger partial charge in [-0.25, -0.2) is 4.79 Å². The molecular weight excluding hydrogens is 283 g/mol. The van der Waals surface area contributed by atoms with Gasteiger partial charge in [-0.2, -0.15) is 13.2 Å². The van der Waals surface area contributed by atoms with Crippen LogP contribution in [0.2, 0.25) is 0 Å². The third kappa shape index (κ3) is 3.13. The van der Waals surface area contributed by atoms with E-state index in [0.29, 0.717) is 11.4 Å². The smallest absolute Gasteiger partial charge is 0.351 e. The van der Waals surface area contributed by atoms with Crippen LogP contribution in [0, 0.1) is 6.92 Å². The van der Waals surface area contributed by atoms with Crippen molar-refractivity contribution in [1.29, 1.82) is 0 Å². The third-order valence-corrected chi connectivity index (χ3v) is 2.87. The number of alkyl halides is 3. The van der Waals surface area contributed by atoms with E-state index in [-0.39, 0.29) is 5.69 Å². The van der Waals surface area contributed by atoms with Gasteiger partial charge in [-0.1, -0.05) is 6.07 Å². The molecule has 110 valence electrons. The minimum Gasteiger partial charge on any atom is -0.351 e. The van der Waals surface area contributed by atoms with Crippen LogP contribution in [0.1, 0.15) is 11.3 Å². The molecule has 21 heavy (non-hydrogen) atoms. The Labute approximate surface area is 119 Å². The van der Waals surface area contributed by atoms with E-state index >= 15 is 0 Å². The van der Waals surface area contributed by atoms with Crippen LogP contribution in [0.5, 0.6) is 0 Å². The molecule has 0 aliphatic rings. The van der Waals surface area contributed by atoms with Gasteiger partial charge in [0.1, 0.15) is 0 Å². The average molecular weight is 295 g/mol. The van der Waals surface area contributed by atoms with E-state index in [1.165, 1.54) is 18.3 Å². The largest absolute Gasteiger partial charge is 0.416 e. The fraction of sp³-hybridized carbons (Fsp3) is 0.143. The number of halogens is 3. The molecular formula is C14H12F3N3O. The van der Waals surface area contributed by atoms with Gasteiger partial charge in [-0.05, 0) is 37.3 Å².